The van der Waals surface area contributed by atoms with Crippen molar-refractivity contribution in [2.75, 3.05) is 13.1 Å². The molecular weight excluding hydrogens is 467 g/mol. The summed E-state index contributed by atoms with van der Waals surface area (Å²) in [4.78, 5) is 24.4. The third-order valence-electron chi connectivity index (χ3n) is 6.87. The van der Waals surface area contributed by atoms with Gasteiger partial charge in [0.15, 0.2) is 17.2 Å². The van der Waals surface area contributed by atoms with E-state index in [9.17, 15) is 4.39 Å². The molecular formula is C28H23FN8. The van der Waals surface area contributed by atoms with Crippen LogP contribution in [0.2, 0.25) is 0 Å². The number of hydrogen-bond acceptors (Lipinski definition) is 6. The highest BCUT2D eigenvalue weighted by molar-refractivity contribution is 5.94. The zero-order chi connectivity index (χ0) is 24.8. The van der Waals surface area contributed by atoms with Crippen molar-refractivity contribution in [2.45, 2.75) is 19.4 Å². The molecule has 182 valence electrons. The van der Waals surface area contributed by atoms with E-state index in [1.165, 1.54) is 30.5 Å². The van der Waals surface area contributed by atoms with E-state index in [4.69, 9.17) is 9.97 Å². The third-order valence-corrected chi connectivity index (χ3v) is 6.87. The molecule has 0 atom stereocenters. The number of H-pyrrole nitrogens is 2. The summed E-state index contributed by atoms with van der Waals surface area (Å²) < 4.78 is 13.5. The topological polar surface area (TPSA) is 99.3 Å². The molecule has 0 unspecified atom stereocenters. The summed E-state index contributed by atoms with van der Waals surface area (Å²) in [6, 6.07) is 14.4. The molecule has 2 N–H and O–H groups in total. The van der Waals surface area contributed by atoms with Crippen LogP contribution in [0.25, 0.3) is 56.1 Å². The summed E-state index contributed by atoms with van der Waals surface area (Å²) in [6.45, 7) is 3.19. The van der Waals surface area contributed by atoms with Gasteiger partial charge in [-0.2, -0.15) is 5.10 Å². The predicted octanol–water partition coefficient (Wildman–Crippen LogP) is 5.36. The Kier molecular flexibility index (Phi) is 5.21. The number of nitrogens with zero attached hydrogens (tertiary/aromatic N) is 6. The molecule has 9 heteroatoms. The maximum atomic E-state index is 13.5. The van der Waals surface area contributed by atoms with E-state index in [-0.39, 0.29) is 5.82 Å². The molecule has 0 bridgehead atoms. The standard InChI is InChI=1S/C28H23FN8/c29-20-5-3-18(4-6-20)21-9-10-31-27-24(21)33-28(34-27)26-25-23(35-36-26)8-7-22(32-25)19-13-17(14-30-15-19)16-37-11-1-2-12-37/h3-10,13-15H,1-2,11-12,16H2,(H,35,36)(H,31,33,34). The Morgan fingerprint density at radius 1 is 0.892 bits per heavy atom. The molecule has 1 aliphatic heterocycles. The molecule has 6 aromatic rings. The van der Waals surface area contributed by atoms with Crippen LogP contribution in [-0.4, -0.2) is 53.1 Å². The maximum absolute atomic E-state index is 13.5. The van der Waals surface area contributed by atoms with Crippen molar-refractivity contribution in [2.24, 2.45) is 0 Å². The van der Waals surface area contributed by atoms with Crippen molar-refractivity contribution in [3.63, 3.8) is 0 Å². The van der Waals surface area contributed by atoms with Crippen LogP contribution in [0.15, 0.2) is 67.1 Å². The van der Waals surface area contributed by atoms with Gasteiger partial charge in [-0.1, -0.05) is 12.1 Å². The minimum Gasteiger partial charge on any atom is -0.321 e. The monoisotopic (exact) mass is 490 g/mol. The first kappa shape index (κ1) is 21.8. The second-order valence-electron chi connectivity index (χ2n) is 9.38. The molecule has 1 aliphatic rings. The number of likely N-dealkylation sites (tertiary alicyclic amines) is 1. The first-order chi connectivity index (χ1) is 18.2. The average molecular weight is 491 g/mol. The molecule has 5 aromatic heterocycles. The van der Waals surface area contributed by atoms with Crippen LogP contribution in [0.1, 0.15) is 18.4 Å². The normalized spacial score (nSPS) is 14.2. The second-order valence-corrected chi connectivity index (χ2v) is 9.38. The first-order valence-corrected chi connectivity index (χ1v) is 12.3. The SMILES string of the molecule is Fc1ccc(-c2ccnc3[nH]c(-c4n[nH]c5ccc(-c6cncc(CN7CCCC7)c6)nc45)nc23)cc1. The summed E-state index contributed by atoms with van der Waals surface area (Å²) >= 11 is 0. The average Bonchev–Trinajstić information content (AvgIpc) is 3.68. The zero-order valence-corrected chi connectivity index (χ0v) is 19.9. The molecule has 8 nitrogen and oxygen atoms in total. The lowest BCUT2D eigenvalue weighted by Gasteiger charge is -2.14. The van der Waals surface area contributed by atoms with Gasteiger partial charge >= 0.3 is 0 Å². The van der Waals surface area contributed by atoms with Gasteiger partial charge in [0.2, 0.25) is 0 Å². The van der Waals surface area contributed by atoms with Crippen LogP contribution in [0.5, 0.6) is 0 Å². The molecule has 0 aliphatic carbocycles. The van der Waals surface area contributed by atoms with Gasteiger partial charge in [0, 0.05) is 36.3 Å². The number of halogens is 1. The third kappa shape index (κ3) is 4.03. The molecule has 1 aromatic carbocycles. The number of rotatable bonds is 5. The molecule has 1 saturated heterocycles. The minimum atomic E-state index is -0.279. The Morgan fingerprint density at radius 3 is 2.62 bits per heavy atom. The molecule has 0 spiro atoms. The van der Waals surface area contributed by atoms with E-state index in [0.717, 1.165) is 47.5 Å². The highest BCUT2D eigenvalue weighted by Crippen LogP contribution is 2.31. The van der Waals surface area contributed by atoms with Crippen molar-refractivity contribution in [1.29, 1.82) is 0 Å². The number of hydrogen-bond donors (Lipinski definition) is 2. The van der Waals surface area contributed by atoms with Gasteiger partial charge < -0.3 is 4.98 Å². The summed E-state index contributed by atoms with van der Waals surface area (Å²) in [5.74, 6) is 0.285. The first-order valence-electron chi connectivity index (χ1n) is 12.3. The predicted molar refractivity (Wildman–Crippen MR) is 140 cm³/mol. The quantitative estimate of drug-likeness (QED) is 0.338. The van der Waals surface area contributed by atoms with Gasteiger partial charge in [-0.25, -0.2) is 19.3 Å². The Morgan fingerprint density at radius 2 is 1.76 bits per heavy atom. The number of fused-ring (bicyclic) bond motifs is 2. The van der Waals surface area contributed by atoms with Crippen molar-refractivity contribution in [3.05, 3.63) is 78.5 Å². The number of pyridine rings is 3. The lowest BCUT2D eigenvalue weighted by atomic mass is 10.1. The van der Waals surface area contributed by atoms with Gasteiger partial charge in [-0.3, -0.25) is 15.0 Å². The Balaban J connectivity index is 1.27. The maximum Gasteiger partial charge on any atom is 0.162 e. The van der Waals surface area contributed by atoms with Crippen LogP contribution in [0, 0.1) is 5.82 Å². The summed E-state index contributed by atoms with van der Waals surface area (Å²) in [5.41, 5.74) is 8.16. The fourth-order valence-electron chi connectivity index (χ4n) is 5.02. The van der Waals surface area contributed by atoms with Crippen LogP contribution >= 0.6 is 0 Å². The highest BCUT2D eigenvalue weighted by Gasteiger charge is 2.18. The largest absolute Gasteiger partial charge is 0.321 e. The molecule has 7 rings (SSSR count). The fraction of sp³-hybridized carbons (Fsp3) is 0.179. The van der Waals surface area contributed by atoms with E-state index in [1.54, 1.807) is 18.3 Å². The lowest BCUT2D eigenvalue weighted by molar-refractivity contribution is 0.331. The van der Waals surface area contributed by atoms with E-state index in [2.05, 4.69) is 36.1 Å². The molecule has 0 radical (unpaired) electrons. The molecule has 1 fully saturated rings. The van der Waals surface area contributed by atoms with Crippen molar-refractivity contribution >= 4 is 22.2 Å². The number of aromatic amines is 2. The summed E-state index contributed by atoms with van der Waals surface area (Å²) in [7, 11) is 0. The van der Waals surface area contributed by atoms with Crippen LogP contribution in [0.4, 0.5) is 4.39 Å². The second kappa shape index (κ2) is 8.86. The van der Waals surface area contributed by atoms with Crippen LogP contribution < -0.4 is 0 Å². The lowest BCUT2D eigenvalue weighted by Crippen LogP contribution is -2.18. The number of benzene rings is 1. The van der Waals surface area contributed by atoms with E-state index < -0.39 is 0 Å². The minimum absolute atomic E-state index is 0.279. The van der Waals surface area contributed by atoms with Gasteiger partial charge in [0.1, 0.15) is 16.9 Å². The van der Waals surface area contributed by atoms with Gasteiger partial charge in [-0.15, -0.1) is 0 Å². The van der Waals surface area contributed by atoms with Crippen molar-refractivity contribution in [3.8, 4) is 33.9 Å². The van der Waals surface area contributed by atoms with Gasteiger partial charge in [0.25, 0.3) is 0 Å². The van der Waals surface area contributed by atoms with Crippen molar-refractivity contribution < 1.29 is 4.39 Å². The molecule has 6 heterocycles. The molecule has 37 heavy (non-hydrogen) atoms. The zero-order valence-electron chi connectivity index (χ0n) is 19.9. The van der Waals surface area contributed by atoms with E-state index >= 15 is 0 Å². The van der Waals surface area contributed by atoms with E-state index in [1.807, 2.05) is 30.6 Å². The number of imidazole rings is 1. The summed E-state index contributed by atoms with van der Waals surface area (Å²) in [5, 5.41) is 7.58. The van der Waals surface area contributed by atoms with E-state index in [0.29, 0.717) is 28.2 Å². The Bertz CT molecular complexity index is 1730. The van der Waals surface area contributed by atoms with Crippen LogP contribution in [-0.2, 0) is 6.54 Å². The Hall–Kier alpha value is -4.50. The fourth-order valence-corrected chi connectivity index (χ4v) is 5.02. The molecule has 0 amide bonds. The smallest absolute Gasteiger partial charge is 0.162 e. The Labute approximate surface area is 211 Å². The van der Waals surface area contributed by atoms with Gasteiger partial charge in [0.05, 0.1) is 11.2 Å². The highest BCUT2D eigenvalue weighted by atomic mass is 19.1. The number of aromatic nitrogens is 7. The van der Waals surface area contributed by atoms with Crippen molar-refractivity contribution in [1.82, 2.24) is 40.0 Å². The molecule has 0 saturated carbocycles. The van der Waals surface area contributed by atoms with Crippen LogP contribution in [0.3, 0.4) is 0 Å². The number of nitrogens with one attached hydrogen (secondary N) is 2. The summed E-state index contributed by atoms with van der Waals surface area (Å²) in [6.07, 6.45) is 8.02. The van der Waals surface area contributed by atoms with Gasteiger partial charge in [-0.05, 0) is 73.5 Å².